The second-order valence-electron chi connectivity index (χ2n) is 3.87. The highest BCUT2D eigenvalue weighted by molar-refractivity contribution is 6.03. The number of aliphatic carboxylic acids is 1. The lowest BCUT2D eigenvalue weighted by molar-refractivity contribution is -0.384. The molecule has 0 aliphatic carbocycles. The molecular formula is C12H12N2O5. The van der Waals surface area contributed by atoms with Crippen molar-refractivity contribution in [2.24, 2.45) is 0 Å². The van der Waals surface area contributed by atoms with Crippen molar-refractivity contribution in [3.8, 4) is 0 Å². The number of rotatable bonds is 4. The molecule has 0 radical (unpaired) electrons. The lowest BCUT2D eigenvalue weighted by atomic mass is 10.1. The summed E-state index contributed by atoms with van der Waals surface area (Å²) >= 11 is 0. The van der Waals surface area contributed by atoms with E-state index in [0.717, 1.165) is 17.2 Å². The molecule has 0 bridgehead atoms. The van der Waals surface area contributed by atoms with Gasteiger partial charge in [-0.2, -0.15) is 0 Å². The van der Waals surface area contributed by atoms with Crippen LogP contribution < -0.4 is 5.32 Å². The molecule has 0 atom stereocenters. The van der Waals surface area contributed by atoms with Gasteiger partial charge in [-0.3, -0.25) is 14.9 Å². The minimum absolute atomic E-state index is 0.0353. The van der Waals surface area contributed by atoms with Crippen LogP contribution in [-0.4, -0.2) is 21.9 Å². The summed E-state index contributed by atoms with van der Waals surface area (Å²) in [5.41, 5.74) is 1.31. The highest BCUT2D eigenvalue weighted by atomic mass is 16.6. The van der Waals surface area contributed by atoms with E-state index >= 15 is 0 Å². The van der Waals surface area contributed by atoms with Crippen molar-refractivity contribution in [2.45, 2.75) is 13.8 Å². The maximum atomic E-state index is 11.4. The van der Waals surface area contributed by atoms with Crippen LogP contribution in [0, 0.1) is 24.0 Å². The van der Waals surface area contributed by atoms with Crippen molar-refractivity contribution in [1.29, 1.82) is 0 Å². The fourth-order valence-electron chi connectivity index (χ4n) is 1.37. The van der Waals surface area contributed by atoms with E-state index in [1.807, 2.05) is 0 Å². The molecule has 7 nitrogen and oxygen atoms in total. The van der Waals surface area contributed by atoms with Gasteiger partial charge in [0.2, 0.25) is 5.91 Å². The number of nitrogens with zero attached hydrogens (tertiary/aromatic N) is 1. The molecule has 19 heavy (non-hydrogen) atoms. The topological polar surface area (TPSA) is 110 Å². The van der Waals surface area contributed by atoms with Gasteiger partial charge in [-0.1, -0.05) is 0 Å². The number of hydrogen-bond donors (Lipinski definition) is 2. The van der Waals surface area contributed by atoms with Crippen LogP contribution >= 0.6 is 0 Å². The van der Waals surface area contributed by atoms with E-state index in [0.29, 0.717) is 6.08 Å². The zero-order chi connectivity index (χ0) is 14.6. The van der Waals surface area contributed by atoms with Crippen LogP contribution in [0.2, 0.25) is 0 Å². The molecule has 1 aromatic carbocycles. The lowest BCUT2D eigenvalue weighted by Crippen LogP contribution is -2.11. The molecule has 1 amide bonds. The van der Waals surface area contributed by atoms with Gasteiger partial charge in [0.15, 0.2) is 0 Å². The number of hydrogen-bond acceptors (Lipinski definition) is 4. The van der Waals surface area contributed by atoms with E-state index in [9.17, 15) is 19.7 Å². The molecule has 0 aromatic heterocycles. The zero-order valence-electron chi connectivity index (χ0n) is 10.3. The molecule has 0 spiro atoms. The van der Waals surface area contributed by atoms with Gasteiger partial charge in [-0.15, -0.1) is 0 Å². The predicted molar refractivity (Wildman–Crippen MR) is 68.0 cm³/mol. The molecule has 0 fully saturated rings. The number of amides is 1. The van der Waals surface area contributed by atoms with E-state index in [1.165, 1.54) is 12.1 Å². The summed E-state index contributed by atoms with van der Waals surface area (Å²) in [5, 5.41) is 21.5. The monoisotopic (exact) mass is 264 g/mol. The van der Waals surface area contributed by atoms with Gasteiger partial charge < -0.3 is 10.4 Å². The Hall–Kier alpha value is -2.70. The van der Waals surface area contributed by atoms with Crippen LogP contribution in [-0.2, 0) is 9.59 Å². The second-order valence-corrected chi connectivity index (χ2v) is 3.87. The van der Waals surface area contributed by atoms with Gasteiger partial charge in [0, 0.05) is 18.2 Å². The van der Waals surface area contributed by atoms with E-state index < -0.39 is 16.8 Å². The molecule has 2 N–H and O–H groups in total. The molecule has 7 heteroatoms. The Morgan fingerprint density at radius 3 is 2.37 bits per heavy atom. The molecule has 1 aromatic rings. The van der Waals surface area contributed by atoms with E-state index in [4.69, 9.17) is 5.11 Å². The number of nitro groups is 1. The number of carboxylic acid groups (broad SMARTS) is 1. The smallest absolute Gasteiger partial charge is 0.328 e. The Balaban J connectivity index is 3.06. The first kappa shape index (κ1) is 14.4. The average Bonchev–Trinajstić information content (AvgIpc) is 2.30. The summed E-state index contributed by atoms with van der Waals surface area (Å²) in [6.45, 7) is 3.47. The van der Waals surface area contributed by atoms with Crippen LogP contribution in [0.1, 0.15) is 11.1 Å². The number of nitrogens with one attached hydrogen (secondary N) is 1. The normalized spacial score (nSPS) is 10.4. The maximum Gasteiger partial charge on any atom is 0.328 e. The quantitative estimate of drug-likeness (QED) is 0.489. The molecule has 0 heterocycles. The van der Waals surface area contributed by atoms with Crippen LogP contribution in [0.5, 0.6) is 0 Å². The number of aryl methyl sites for hydroxylation is 2. The molecule has 0 aliphatic heterocycles. The van der Waals surface area contributed by atoms with Crippen molar-refractivity contribution < 1.29 is 19.6 Å². The number of carbonyl (C=O) groups is 2. The third-order valence-corrected chi connectivity index (χ3v) is 2.44. The molecule has 1 rings (SSSR count). The SMILES string of the molecule is Cc1cc(NC(=O)/C=C/C(=O)O)c([N+](=O)[O-])cc1C. The molecular weight excluding hydrogens is 252 g/mol. The molecule has 100 valence electrons. The molecule has 0 saturated carbocycles. The third kappa shape index (κ3) is 3.91. The van der Waals surface area contributed by atoms with Gasteiger partial charge in [0.25, 0.3) is 5.69 Å². The number of benzene rings is 1. The first-order valence-electron chi connectivity index (χ1n) is 5.29. The predicted octanol–water partition coefficient (Wildman–Crippen LogP) is 1.79. The van der Waals surface area contributed by atoms with Gasteiger partial charge in [-0.25, -0.2) is 4.79 Å². The fourth-order valence-corrected chi connectivity index (χ4v) is 1.37. The first-order chi connectivity index (χ1) is 8.81. The Kier molecular flexibility index (Phi) is 4.36. The number of carbonyl (C=O) groups excluding carboxylic acids is 1. The van der Waals surface area contributed by atoms with Crippen molar-refractivity contribution >= 4 is 23.3 Å². The number of nitro benzene ring substituents is 1. The van der Waals surface area contributed by atoms with E-state index in [2.05, 4.69) is 5.32 Å². The van der Waals surface area contributed by atoms with Crippen molar-refractivity contribution in [2.75, 3.05) is 5.32 Å². The number of carboxylic acids is 1. The van der Waals surface area contributed by atoms with Crippen molar-refractivity contribution in [1.82, 2.24) is 0 Å². The average molecular weight is 264 g/mol. The van der Waals surface area contributed by atoms with Crippen LogP contribution in [0.25, 0.3) is 0 Å². The first-order valence-corrected chi connectivity index (χ1v) is 5.29. The summed E-state index contributed by atoms with van der Waals surface area (Å²) < 4.78 is 0. The minimum atomic E-state index is -1.27. The Bertz CT molecular complexity index is 578. The summed E-state index contributed by atoms with van der Waals surface area (Å²) in [5.74, 6) is -2.02. The highest BCUT2D eigenvalue weighted by Gasteiger charge is 2.16. The largest absolute Gasteiger partial charge is 0.478 e. The number of anilines is 1. The maximum absolute atomic E-state index is 11.4. The Morgan fingerprint density at radius 2 is 1.84 bits per heavy atom. The Labute approximate surface area is 108 Å². The summed E-state index contributed by atoms with van der Waals surface area (Å²) in [6, 6.07) is 2.83. The lowest BCUT2D eigenvalue weighted by Gasteiger charge is -2.07. The van der Waals surface area contributed by atoms with E-state index in [1.54, 1.807) is 13.8 Å². The minimum Gasteiger partial charge on any atom is -0.478 e. The van der Waals surface area contributed by atoms with Crippen molar-refractivity contribution in [3.05, 3.63) is 45.5 Å². The van der Waals surface area contributed by atoms with Crippen LogP contribution in [0.4, 0.5) is 11.4 Å². The summed E-state index contributed by atoms with van der Waals surface area (Å²) in [4.78, 5) is 31.9. The fraction of sp³-hybridized carbons (Fsp3) is 0.167. The summed E-state index contributed by atoms with van der Waals surface area (Å²) in [6.07, 6.45) is 1.45. The molecule has 0 saturated heterocycles. The van der Waals surface area contributed by atoms with Crippen LogP contribution in [0.15, 0.2) is 24.3 Å². The van der Waals surface area contributed by atoms with Crippen LogP contribution in [0.3, 0.4) is 0 Å². The highest BCUT2D eigenvalue weighted by Crippen LogP contribution is 2.27. The third-order valence-electron chi connectivity index (χ3n) is 2.44. The standard InChI is InChI=1S/C12H12N2O5/c1-7-5-9(10(14(18)19)6-8(7)2)13-11(15)3-4-12(16)17/h3-6H,1-2H3,(H,13,15)(H,16,17)/b4-3+. The summed E-state index contributed by atoms with van der Waals surface area (Å²) in [7, 11) is 0. The van der Waals surface area contributed by atoms with Crippen molar-refractivity contribution in [3.63, 3.8) is 0 Å². The zero-order valence-corrected chi connectivity index (χ0v) is 10.3. The second kappa shape index (κ2) is 5.76. The van der Waals surface area contributed by atoms with E-state index in [-0.39, 0.29) is 11.4 Å². The van der Waals surface area contributed by atoms with Gasteiger partial charge in [0.05, 0.1) is 4.92 Å². The van der Waals surface area contributed by atoms with Gasteiger partial charge in [-0.05, 0) is 31.0 Å². The van der Waals surface area contributed by atoms with Gasteiger partial charge >= 0.3 is 5.97 Å². The Morgan fingerprint density at radius 1 is 1.26 bits per heavy atom. The molecule has 0 aliphatic rings. The van der Waals surface area contributed by atoms with Gasteiger partial charge in [0.1, 0.15) is 5.69 Å². The molecule has 0 unspecified atom stereocenters.